The minimum atomic E-state index is -3.05. The molecule has 50 valence electrons. The molecule has 0 N–H and O–H groups in total. The van der Waals surface area contributed by atoms with Crippen molar-refractivity contribution < 1.29 is 18.1 Å². The molecule has 3 aliphatic heterocycles. The summed E-state index contributed by atoms with van der Waals surface area (Å²) in [4.78, 5) is 0. The standard InChI is InChI=1S/C4H5O4P/c1-2-3-4-7-9(5,6-3)8-4/h2H2,1H3. The van der Waals surface area contributed by atoms with Crippen LogP contribution in [-0.4, -0.2) is 0 Å². The van der Waals surface area contributed by atoms with E-state index in [0.717, 1.165) is 0 Å². The van der Waals surface area contributed by atoms with Crippen molar-refractivity contribution >= 4 is 7.82 Å². The summed E-state index contributed by atoms with van der Waals surface area (Å²) >= 11 is 0. The molecular weight excluding hydrogens is 143 g/mol. The fourth-order valence-corrected chi connectivity index (χ4v) is 1.90. The molecule has 0 aromatic carbocycles. The van der Waals surface area contributed by atoms with E-state index in [9.17, 15) is 4.57 Å². The Hall–Kier alpha value is -0.630. The molecule has 1 fully saturated rings. The van der Waals surface area contributed by atoms with Gasteiger partial charge in [0.1, 0.15) is 0 Å². The number of hydrogen-bond donors (Lipinski definition) is 0. The van der Waals surface area contributed by atoms with E-state index in [2.05, 4.69) is 9.05 Å². The van der Waals surface area contributed by atoms with Gasteiger partial charge in [-0.3, -0.25) is 0 Å². The van der Waals surface area contributed by atoms with E-state index in [1.54, 1.807) is 0 Å². The second kappa shape index (κ2) is 1.27. The van der Waals surface area contributed by atoms with Crippen LogP contribution in [0.2, 0.25) is 0 Å². The maximum atomic E-state index is 10.7. The highest BCUT2D eigenvalue weighted by Crippen LogP contribution is 2.70. The maximum absolute atomic E-state index is 10.7. The van der Waals surface area contributed by atoms with Crippen molar-refractivity contribution in [2.24, 2.45) is 0 Å². The molecule has 0 atom stereocenters. The summed E-state index contributed by atoms with van der Waals surface area (Å²) < 4.78 is 24.8. The van der Waals surface area contributed by atoms with Gasteiger partial charge in [0, 0.05) is 6.42 Å². The van der Waals surface area contributed by atoms with Crippen LogP contribution in [0.5, 0.6) is 0 Å². The predicted molar refractivity (Wildman–Crippen MR) is 28.2 cm³/mol. The van der Waals surface area contributed by atoms with E-state index in [1.807, 2.05) is 6.92 Å². The van der Waals surface area contributed by atoms with Crippen LogP contribution in [0.3, 0.4) is 0 Å². The first-order chi connectivity index (χ1) is 4.23. The fourth-order valence-electron chi connectivity index (χ4n) is 0.730. The highest BCUT2D eigenvalue weighted by Gasteiger charge is 2.55. The zero-order valence-corrected chi connectivity index (χ0v) is 5.68. The van der Waals surface area contributed by atoms with Crippen LogP contribution in [0, 0.1) is 0 Å². The Labute approximate surface area is 52.0 Å². The zero-order chi connectivity index (χ0) is 6.48. The first kappa shape index (κ1) is 5.18. The van der Waals surface area contributed by atoms with Crippen molar-refractivity contribution in [1.29, 1.82) is 0 Å². The summed E-state index contributed by atoms with van der Waals surface area (Å²) in [6, 6.07) is 0. The molecule has 3 heterocycles. The van der Waals surface area contributed by atoms with Gasteiger partial charge in [0.25, 0.3) is 0 Å². The average molecular weight is 148 g/mol. The predicted octanol–water partition coefficient (Wildman–Crippen LogP) is 1.75. The molecule has 0 spiro atoms. The average Bonchev–Trinajstić information content (AvgIpc) is 2.18. The molecule has 3 rings (SSSR count). The molecule has 0 aliphatic carbocycles. The number of allylic oxidation sites excluding steroid dienone is 1. The molecule has 0 saturated carbocycles. The smallest absolute Gasteiger partial charge is 0.383 e. The van der Waals surface area contributed by atoms with Crippen LogP contribution in [0.25, 0.3) is 0 Å². The topological polar surface area (TPSA) is 44.8 Å². The van der Waals surface area contributed by atoms with E-state index in [-0.39, 0.29) is 0 Å². The van der Waals surface area contributed by atoms with E-state index >= 15 is 0 Å². The SMILES string of the molecule is CCC1=C2OP(=O)(O1)O2. The van der Waals surface area contributed by atoms with Gasteiger partial charge in [-0.15, -0.1) is 0 Å². The largest absolute Gasteiger partial charge is 0.651 e. The third-order valence-corrected chi connectivity index (χ3v) is 2.38. The third-order valence-electron chi connectivity index (χ3n) is 1.16. The number of phosphoric acid groups is 1. The molecule has 0 radical (unpaired) electrons. The lowest BCUT2D eigenvalue weighted by molar-refractivity contribution is 0.0985. The molecule has 3 aliphatic rings. The molecule has 4 nitrogen and oxygen atoms in total. The summed E-state index contributed by atoms with van der Waals surface area (Å²) in [7, 11) is -3.05. The van der Waals surface area contributed by atoms with Gasteiger partial charge >= 0.3 is 13.8 Å². The van der Waals surface area contributed by atoms with Crippen molar-refractivity contribution in [2.75, 3.05) is 0 Å². The van der Waals surface area contributed by atoms with Crippen LogP contribution < -0.4 is 0 Å². The second-order valence-electron chi connectivity index (χ2n) is 1.79. The second-order valence-corrected chi connectivity index (χ2v) is 3.23. The van der Waals surface area contributed by atoms with Crippen LogP contribution in [0.4, 0.5) is 0 Å². The van der Waals surface area contributed by atoms with Crippen LogP contribution in [0.15, 0.2) is 11.7 Å². The monoisotopic (exact) mass is 148 g/mol. The molecule has 1 saturated heterocycles. The lowest BCUT2D eigenvalue weighted by Crippen LogP contribution is -1.99. The summed E-state index contributed by atoms with van der Waals surface area (Å²) in [6.45, 7) is 1.88. The molecule has 0 unspecified atom stereocenters. The van der Waals surface area contributed by atoms with Crippen molar-refractivity contribution in [3.05, 3.63) is 11.7 Å². The Morgan fingerprint density at radius 3 is 2.33 bits per heavy atom. The summed E-state index contributed by atoms with van der Waals surface area (Å²) in [5.74, 6) is 0.874. The van der Waals surface area contributed by atoms with Crippen LogP contribution in [-0.2, 0) is 18.1 Å². The summed E-state index contributed by atoms with van der Waals surface area (Å²) in [5, 5.41) is 0. The van der Waals surface area contributed by atoms with Crippen LogP contribution in [0.1, 0.15) is 13.3 Å². The Morgan fingerprint density at radius 1 is 1.44 bits per heavy atom. The Kier molecular flexibility index (Phi) is 0.728. The van der Waals surface area contributed by atoms with Gasteiger partial charge in [-0.05, 0) is 0 Å². The van der Waals surface area contributed by atoms with E-state index in [0.29, 0.717) is 18.1 Å². The fraction of sp³-hybridized carbons (Fsp3) is 0.500. The number of hydrogen-bond acceptors (Lipinski definition) is 4. The minimum Gasteiger partial charge on any atom is -0.383 e. The number of rotatable bonds is 1. The van der Waals surface area contributed by atoms with E-state index in [4.69, 9.17) is 4.52 Å². The molecule has 0 aromatic rings. The molecule has 0 aromatic heterocycles. The van der Waals surface area contributed by atoms with Gasteiger partial charge in [0.15, 0.2) is 5.76 Å². The third kappa shape index (κ3) is 0.512. The maximum Gasteiger partial charge on any atom is 0.651 e. The summed E-state index contributed by atoms with van der Waals surface area (Å²) in [5.41, 5.74) is 0. The summed E-state index contributed by atoms with van der Waals surface area (Å²) in [6.07, 6.45) is 0.666. The van der Waals surface area contributed by atoms with Gasteiger partial charge in [-0.25, -0.2) is 0 Å². The minimum absolute atomic E-state index is 0.306. The Balaban J connectivity index is 2.31. The quantitative estimate of drug-likeness (QED) is 0.531. The van der Waals surface area contributed by atoms with Crippen LogP contribution >= 0.6 is 7.82 Å². The Morgan fingerprint density at radius 2 is 2.11 bits per heavy atom. The van der Waals surface area contributed by atoms with Crippen molar-refractivity contribution in [1.82, 2.24) is 0 Å². The zero-order valence-electron chi connectivity index (χ0n) is 4.79. The van der Waals surface area contributed by atoms with Gasteiger partial charge in [0.05, 0.1) is 0 Å². The highest BCUT2D eigenvalue weighted by atomic mass is 31.2. The molecule has 5 heteroatoms. The van der Waals surface area contributed by atoms with Crippen molar-refractivity contribution in [3.8, 4) is 0 Å². The molecule has 9 heavy (non-hydrogen) atoms. The lowest BCUT2D eigenvalue weighted by atomic mass is 10.4. The number of phosphoric ester groups is 1. The van der Waals surface area contributed by atoms with Crippen molar-refractivity contribution in [2.45, 2.75) is 13.3 Å². The normalized spacial score (nSPS) is 25.9. The van der Waals surface area contributed by atoms with E-state index < -0.39 is 7.82 Å². The van der Waals surface area contributed by atoms with Gasteiger partial charge in [0.2, 0.25) is 0 Å². The number of fused-ring (bicyclic) bond motifs is 1. The first-order valence-electron chi connectivity index (χ1n) is 2.65. The first-order valence-corrected chi connectivity index (χ1v) is 4.11. The molecule has 2 bridgehead atoms. The van der Waals surface area contributed by atoms with Gasteiger partial charge in [-0.1, -0.05) is 6.92 Å². The molecular formula is C4H5O4P. The van der Waals surface area contributed by atoms with Gasteiger partial charge < -0.3 is 13.6 Å². The van der Waals surface area contributed by atoms with Gasteiger partial charge in [-0.2, -0.15) is 4.57 Å². The lowest BCUT2D eigenvalue weighted by Gasteiger charge is -2.15. The Bertz CT molecular complexity index is 219. The van der Waals surface area contributed by atoms with Crippen molar-refractivity contribution in [3.63, 3.8) is 0 Å². The highest BCUT2D eigenvalue weighted by molar-refractivity contribution is 7.50. The molecule has 0 amide bonds. The van der Waals surface area contributed by atoms with E-state index in [1.165, 1.54) is 0 Å².